The zero-order chi connectivity index (χ0) is 68.5. The van der Waals surface area contributed by atoms with E-state index >= 15 is 0 Å². The fourth-order valence-corrected chi connectivity index (χ4v) is 12.3. The van der Waals surface area contributed by atoms with Crippen LogP contribution >= 0.6 is 23.2 Å². The van der Waals surface area contributed by atoms with E-state index in [0.717, 1.165) is 36.4 Å². The van der Waals surface area contributed by atoms with Crippen LogP contribution in [0.3, 0.4) is 0 Å². The average Bonchev–Trinajstić information content (AvgIpc) is 0.766. The summed E-state index contributed by atoms with van der Waals surface area (Å²) >= 11 is 11.8. The Morgan fingerprint density at radius 3 is 1.13 bits per heavy atom. The summed E-state index contributed by atoms with van der Waals surface area (Å²) in [5.74, 6) is -4.68. The predicted octanol–water partition coefficient (Wildman–Crippen LogP) is -14.0. The number of fused-ring (bicyclic) bond motifs is 4. The predicted molar refractivity (Wildman–Crippen MR) is 334 cm³/mol. The Morgan fingerprint density at radius 2 is 0.820 bits per heavy atom. The van der Waals surface area contributed by atoms with Crippen molar-refractivity contribution in [1.29, 1.82) is 0 Å². The standard InChI is InChI=1S/2C25H19ClN8O11S2.Co.5Na/c2*26-23-29-24(27-5-6-35)31-25(30-23)28-15-7-12-8-17(36)19(22(47(43,44)45)14(12)10-16(15)34(38)39)32-33-20-18(46(40,41)42)9-11-3-1-2-4-13(11)21(20)37;;;;;;/h2*1-4,7-10,33,35,37H,5-6H2,(H,40,41,42)(H,43,44,45)(H2,27,28,29,30,31);;;;;;/q;;;5*+1. The van der Waals surface area contributed by atoms with Crippen molar-refractivity contribution in [2.45, 2.75) is 9.79 Å². The summed E-state index contributed by atoms with van der Waals surface area (Å²) in [5, 5.41) is 79.6. The monoisotopic (exact) mass is 1590 g/mol. The minimum Gasteiger partial charge on any atom is -0.505 e. The van der Waals surface area contributed by atoms with Gasteiger partial charge in [-0.3, -0.25) is 58.9 Å². The molecule has 50 heteroatoms. The number of benzene rings is 6. The normalized spacial score (nSPS) is 13.2. The van der Waals surface area contributed by atoms with Crippen molar-refractivity contribution in [1.82, 2.24) is 29.9 Å². The number of halogens is 2. The van der Waals surface area contributed by atoms with E-state index in [9.17, 15) is 91.9 Å². The quantitative estimate of drug-likeness (QED) is 0.0111. The van der Waals surface area contributed by atoms with Crippen molar-refractivity contribution in [3.05, 3.63) is 137 Å². The zero-order valence-corrected chi connectivity index (χ0v) is 67.4. The van der Waals surface area contributed by atoms with Gasteiger partial charge in [-0.15, -0.1) is 0 Å². The Hall–Kier alpha value is -5.13. The van der Waals surface area contributed by atoms with Gasteiger partial charge in [0.05, 0.1) is 23.1 Å². The number of hydrazone groups is 2. The molecule has 0 unspecified atom stereocenters. The van der Waals surface area contributed by atoms with Crippen molar-refractivity contribution >= 4 is 188 Å². The molecule has 497 valence electrons. The minimum atomic E-state index is -5.39. The van der Waals surface area contributed by atoms with Gasteiger partial charge in [0.15, 0.2) is 11.4 Å². The van der Waals surface area contributed by atoms with Crippen LogP contribution in [0.15, 0.2) is 105 Å². The fourth-order valence-electron chi connectivity index (χ4n) is 8.98. The summed E-state index contributed by atoms with van der Waals surface area (Å²) < 4.78 is 139. The van der Waals surface area contributed by atoms with Gasteiger partial charge >= 0.3 is 148 Å². The third kappa shape index (κ3) is 20.6. The zero-order valence-electron chi connectivity index (χ0n) is 51.6. The number of anilines is 8. The second-order valence-corrected chi connectivity index (χ2v) is 25.0. The molecule has 2 aliphatic rings. The molecule has 0 saturated carbocycles. The van der Waals surface area contributed by atoms with E-state index in [1.54, 1.807) is 0 Å². The Balaban J connectivity index is 0.000000491. The van der Waals surface area contributed by atoms with Crippen LogP contribution in [0.4, 0.5) is 57.9 Å². The maximum absolute atomic E-state index is 13.2. The molecule has 8 aromatic rings. The van der Waals surface area contributed by atoms with E-state index in [4.69, 9.17) is 33.4 Å². The van der Waals surface area contributed by atoms with E-state index in [-0.39, 0.29) is 269 Å². The number of hydrogen-bond donors (Lipinski definition) is 14. The number of aliphatic hydroxyl groups excluding tert-OH is 2. The van der Waals surface area contributed by atoms with Gasteiger partial charge in [-0.1, -0.05) is 48.5 Å². The smallest absolute Gasteiger partial charge is 0.505 e. The number of phenols is 2. The molecule has 10 rings (SSSR count). The molecule has 0 fully saturated rings. The molecule has 100 heavy (non-hydrogen) atoms. The third-order valence-corrected chi connectivity index (χ3v) is 16.7. The van der Waals surface area contributed by atoms with Crippen molar-refractivity contribution in [3.63, 3.8) is 0 Å². The SMILES string of the molecule is O=C1C=c2cc(Nc3nc(Cl)nc(NCCO)n3)c([N+](=O)[O-])cc2=C(S(=O)(=O)O)C1=NNc1c(S(=O)(=O)O)cc2ccccc2c1O.O=C1C=c2cc(Nc3nc(Cl)nc(NCCO)n3)c([N+](=O)[O-])cc2=C(S(=O)(=O)O)C1=NNc1c(S(=O)(=O)O)cc2ccccc2c1O.[Co].[Na+].[Na+].[Na+].[Na+].[Na+]. The topological polar surface area (TPSA) is 593 Å². The number of carbonyl (C=O) groups excluding carboxylic acids is 2. The summed E-state index contributed by atoms with van der Waals surface area (Å²) in [5.41, 5.74) is -1.71. The van der Waals surface area contributed by atoms with Gasteiger partial charge in [-0.05, 0) is 80.8 Å². The number of hydrogen-bond acceptors (Lipinski definition) is 32. The Kier molecular flexibility index (Phi) is 32.5. The molecule has 2 heterocycles. The van der Waals surface area contributed by atoms with Crippen LogP contribution in [-0.4, -0.2) is 161 Å². The van der Waals surface area contributed by atoms with E-state index in [1.807, 2.05) is 0 Å². The minimum absolute atomic E-state index is 0. The first-order valence-electron chi connectivity index (χ1n) is 25.5. The molecular weight excluding hydrogens is 1550 g/mol. The molecule has 2 aliphatic carbocycles. The molecule has 0 spiro atoms. The number of aliphatic hydroxyl groups is 2. The maximum atomic E-state index is 13.2. The maximum Gasteiger partial charge on any atom is 1.00 e. The molecule has 2 aromatic heterocycles. The van der Waals surface area contributed by atoms with Crippen LogP contribution in [0.5, 0.6) is 11.5 Å². The number of nitro benzene ring substituents is 2. The van der Waals surface area contributed by atoms with Crippen molar-refractivity contribution in [3.8, 4) is 11.5 Å². The number of nitrogens with zero attached hydrogens (tertiary/aromatic N) is 10. The van der Waals surface area contributed by atoms with Crippen molar-refractivity contribution in [2.24, 2.45) is 10.2 Å². The number of aromatic hydroxyl groups is 2. The van der Waals surface area contributed by atoms with Gasteiger partial charge in [-0.2, -0.15) is 73.8 Å². The van der Waals surface area contributed by atoms with E-state index in [0.29, 0.717) is 12.1 Å². The molecule has 6 aromatic carbocycles. The summed E-state index contributed by atoms with van der Waals surface area (Å²) in [6.45, 7) is -0.517. The van der Waals surface area contributed by atoms with Gasteiger partial charge in [0, 0.05) is 63.2 Å². The molecule has 38 nitrogen and oxygen atoms in total. The molecule has 0 bridgehead atoms. The number of Topliss-reactive ketones (excluding diaryl/α,β-unsaturated/α-hetero) is 2. The third-order valence-electron chi connectivity index (χ3n) is 12.8. The molecule has 0 atom stereocenters. The summed E-state index contributed by atoms with van der Waals surface area (Å²) in [4.78, 5) is 67.7. The first-order chi connectivity index (χ1) is 44.2. The fraction of sp³-hybridized carbons (Fsp3) is 0.0800. The number of nitro groups is 2. The number of ketones is 2. The van der Waals surface area contributed by atoms with Gasteiger partial charge in [0.25, 0.3) is 51.8 Å². The van der Waals surface area contributed by atoms with Crippen LogP contribution in [0, 0.1) is 20.2 Å². The van der Waals surface area contributed by atoms with Crippen LogP contribution in [-0.2, 0) is 66.8 Å². The Labute approximate surface area is 691 Å². The number of rotatable bonds is 20. The molecule has 0 amide bonds. The second kappa shape index (κ2) is 36.5. The summed E-state index contributed by atoms with van der Waals surface area (Å²) in [6, 6.07) is 17.1. The molecule has 1 radical (unpaired) electrons. The average molecular weight is 1590 g/mol. The van der Waals surface area contributed by atoms with E-state index in [2.05, 4.69) is 72.2 Å². The van der Waals surface area contributed by atoms with Crippen LogP contribution in [0.1, 0.15) is 0 Å². The van der Waals surface area contributed by atoms with Gasteiger partial charge in [-0.25, -0.2) is 0 Å². The van der Waals surface area contributed by atoms with Crippen LogP contribution in [0.2, 0.25) is 10.6 Å². The Morgan fingerprint density at radius 1 is 0.490 bits per heavy atom. The number of phenolic OH excluding ortho intramolecular Hbond substituents is 2. The molecule has 14 N–H and O–H groups in total. The number of aromatic nitrogens is 6. The summed E-state index contributed by atoms with van der Waals surface area (Å²) in [7, 11) is -20.9. The van der Waals surface area contributed by atoms with Crippen molar-refractivity contribution < 1.29 is 256 Å². The molecular formula is C50H38Cl2CoN16Na5O22S4+5. The molecule has 0 saturated heterocycles. The van der Waals surface area contributed by atoms with E-state index in [1.165, 1.54) is 48.5 Å². The van der Waals surface area contributed by atoms with Gasteiger partial charge < -0.3 is 41.7 Å². The molecule has 0 aliphatic heterocycles. The van der Waals surface area contributed by atoms with Gasteiger partial charge in [0.1, 0.15) is 53.8 Å². The Bertz CT molecular complexity index is 5150. The first kappa shape index (κ1) is 89.1. The first-order valence-corrected chi connectivity index (χ1v) is 32.0. The van der Waals surface area contributed by atoms with Gasteiger partial charge in [0.2, 0.25) is 45.9 Å². The van der Waals surface area contributed by atoms with Crippen molar-refractivity contribution in [2.75, 3.05) is 58.4 Å². The van der Waals surface area contributed by atoms with E-state index < -0.39 is 138 Å². The second-order valence-electron chi connectivity index (χ2n) is 18.8. The van der Waals surface area contributed by atoms with Crippen LogP contribution in [0.25, 0.3) is 43.5 Å². The largest absolute Gasteiger partial charge is 1.00 e. The number of nitrogens with one attached hydrogen (secondary N) is 6. The number of carbonyl (C=O) groups is 2. The van der Waals surface area contributed by atoms with Crippen LogP contribution < -0.4 is 201 Å². The summed E-state index contributed by atoms with van der Waals surface area (Å²) in [6.07, 6.45) is 1.63.